The van der Waals surface area contributed by atoms with Gasteiger partial charge in [0.05, 0.1) is 0 Å². The summed E-state index contributed by atoms with van der Waals surface area (Å²) in [5, 5.41) is 0. The van der Waals surface area contributed by atoms with Gasteiger partial charge in [-0.25, -0.2) is 0 Å². The molecule has 0 aliphatic heterocycles. The molecule has 0 atom stereocenters. The summed E-state index contributed by atoms with van der Waals surface area (Å²) >= 11 is 0. The van der Waals surface area contributed by atoms with Crippen LogP contribution in [0.15, 0.2) is 11.9 Å². The molecule has 0 N–H and O–H groups in total. The summed E-state index contributed by atoms with van der Waals surface area (Å²) in [6, 6.07) is 0. The average molecular weight is 354 g/mol. The molecule has 1 saturated carbocycles. The van der Waals surface area contributed by atoms with Crippen molar-refractivity contribution in [3.63, 3.8) is 0 Å². The fourth-order valence-electron chi connectivity index (χ4n) is 2.00. The van der Waals surface area contributed by atoms with Gasteiger partial charge in [0.15, 0.2) is 13.2 Å². The summed E-state index contributed by atoms with van der Waals surface area (Å²) in [7, 11) is -4.60. The third-order valence-corrected chi connectivity index (χ3v) is 4.52. The van der Waals surface area contributed by atoms with Crippen molar-refractivity contribution in [2.45, 2.75) is 44.5 Å². The van der Waals surface area contributed by atoms with Crippen LogP contribution in [0.4, 0.5) is 26.3 Å². The second kappa shape index (κ2) is 7.84. The Hall–Kier alpha value is -0.530. The van der Waals surface area contributed by atoms with Crippen LogP contribution < -0.4 is 0 Å². The van der Waals surface area contributed by atoms with Gasteiger partial charge in [-0.05, 0) is 18.8 Å². The van der Waals surface area contributed by atoms with Crippen LogP contribution in [0.25, 0.3) is 0 Å². The van der Waals surface area contributed by atoms with Crippen molar-refractivity contribution < 1.29 is 40.0 Å². The Labute approximate surface area is 124 Å². The average Bonchev–Trinajstić information content (AvgIpc) is 2.41. The van der Waals surface area contributed by atoms with E-state index in [-0.39, 0.29) is 5.92 Å². The van der Waals surface area contributed by atoms with Crippen molar-refractivity contribution in [2.24, 2.45) is 5.92 Å². The lowest BCUT2D eigenvalue weighted by Gasteiger charge is -2.20. The Morgan fingerprint density at radius 1 is 0.909 bits per heavy atom. The molecule has 1 aliphatic carbocycles. The zero-order valence-corrected chi connectivity index (χ0v) is 12.5. The molecule has 0 spiro atoms. The Morgan fingerprint density at radius 3 is 1.77 bits per heavy atom. The topological polar surface area (TPSA) is 35.5 Å². The Morgan fingerprint density at radius 2 is 1.36 bits per heavy atom. The van der Waals surface area contributed by atoms with Gasteiger partial charge in [-0.1, -0.05) is 25.3 Å². The smallest absolute Gasteiger partial charge is 0.296 e. The minimum Gasteiger partial charge on any atom is -0.296 e. The number of allylic oxidation sites excluding steroid dienone is 1. The number of rotatable bonds is 6. The van der Waals surface area contributed by atoms with E-state index in [9.17, 15) is 30.9 Å². The molecular formula is C12H17F6O3P. The van der Waals surface area contributed by atoms with Gasteiger partial charge >= 0.3 is 19.9 Å². The third-order valence-electron chi connectivity index (χ3n) is 3.01. The van der Waals surface area contributed by atoms with Crippen molar-refractivity contribution in [3.05, 3.63) is 11.9 Å². The Balaban J connectivity index is 2.71. The highest BCUT2D eigenvalue weighted by molar-refractivity contribution is 7.57. The molecule has 0 aromatic heterocycles. The van der Waals surface area contributed by atoms with E-state index in [4.69, 9.17) is 0 Å². The highest BCUT2D eigenvalue weighted by Crippen LogP contribution is 2.52. The van der Waals surface area contributed by atoms with Gasteiger partial charge in [-0.3, -0.25) is 13.6 Å². The predicted molar refractivity (Wildman–Crippen MR) is 67.3 cm³/mol. The maximum atomic E-state index is 12.1. The van der Waals surface area contributed by atoms with Crippen molar-refractivity contribution in [1.29, 1.82) is 0 Å². The summed E-state index contributed by atoms with van der Waals surface area (Å²) < 4.78 is 92.9. The monoisotopic (exact) mass is 354 g/mol. The van der Waals surface area contributed by atoms with Crippen molar-refractivity contribution in [2.75, 3.05) is 13.2 Å². The van der Waals surface area contributed by atoms with E-state index < -0.39 is 33.2 Å². The summed E-state index contributed by atoms with van der Waals surface area (Å²) in [6.45, 7) is -3.87. The molecule has 0 saturated heterocycles. The predicted octanol–water partition coefficient (Wildman–Crippen LogP) is 5.43. The highest BCUT2D eigenvalue weighted by Gasteiger charge is 2.37. The number of alkyl halides is 6. The first kappa shape index (κ1) is 19.5. The SMILES string of the molecule is O=P(/C=C\C1CCCCC1)(OCC(F)(F)F)OCC(F)(F)F. The zero-order chi connectivity index (χ0) is 16.9. The van der Waals surface area contributed by atoms with E-state index in [0.717, 1.165) is 37.9 Å². The Kier molecular flexibility index (Phi) is 6.95. The van der Waals surface area contributed by atoms with Gasteiger partial charge < -0.3 is 0 Å². The van der Waals surface area contributed by atoms with E-state index in [1.807, 2.05) is 0 Å². The summed E-state index contributed by atoms with van der Waals surface area (Å²) in [5.41, 5.74) is 0. The van der Waals surface area contributed by atoms with E-state index in [2.05, 4.69) is 9.05 Å². The van der Waals surface area contributed by atoms with Crippen LogP contribution >= 0.6 is 7.60 Å². The van der Waals surface area contributed by atoms with Crippen LogP contribution in [0.5, 0.6) is 0 Å². The van der Waals surface area contributed by atoms with Gasteiger partial charge in [0.2, 0.25) is 0 Å². The molecule has 0 aromatic carbocycles. The van der Waals surface area contributed by atoms with Crippen LogP contribution in [0.1, 0.15) is 32.1 Å². The molecular weight excluding hydrogens is 337 g/mol. The van der Waals surface area contributed by atoms with E-state index in [0.29, 0.717) is 0 Å². The maximum Gasteiger partial charge on any atom is 0.412 e. The van der Waals surface area contributed by atoms with Gasteiger partial charge in [0.25, 0.3) is 0 Å². The zero-order valence-electron chi connectivity index (χ0n) is 11.6. The summed E-state index contributed by atoms with van der Waals surface area (Å²) in [5.74, 6) is 0.687. The molecule has 22 heavy (non-hydrogen) atoms. The molecule has 0 aromatic rings. The quantitative estimate of drug-likeness (QED) is 0.471. The van der Waals surface area contributed by atoms with Crippen molar-refractivity contribution in [3.8, 4) is 0 Å². The maximum absolute atomic E-state index is 12.1. The molecule has 0 bridgehead atoms. The summed E-state index contributed by atoms with van der Waals surface area (Å²) in [4.78, 5) is 0. The third kappa shape index (κ3) is 8.80. The number of halogens is 6. The first-order valence-electron chi connectivity index (χ1n) is 6.71. The Bertz CT molecular complexity index is 390. The first-order chi connectivity index (χ1) is 9.99. The van der Waals surface area contributed by atoms with Crippen LogP contribution in [0.3, 0.4) is 0 Å². The first-order valence-corrected chi connectivity index (χ1v) is 8.32. The van der Waals surface area contributed by atoms with Gasteiger partial charge in [-0.2, -0.15) is 26.3 Å². The molecule has 0 radical (unpaired) electrons. The lowest BCUT2D eigenvalue weighted by Crippen LogP contribution is -2.19. The molecule has 0 amide bonds. The van der Waals surface area contributed by atoms with E-state index in [1.165, 1.54) is 6.08 Å². The molecule has 1 fully saturated rings. The van der Waals surface area contributed by atoms with E-state index in [1.54, 1.807) is 0 Å². The fraction of sp³-hybridized carbons (Fsp3) is 0.833. The van der Waals surface area contributed by atoms with Gasteiger partial charge in [0.1, 0.15) is 0 Å². The van der Waals surface area contributed by atoms with Crippen molar-refractivity contribution >= 4 is 7.60 Å². The minimum atomic E-state index is -4.81. The van der Waals surface area contributed by atoms with Crippen LogP contribution in [-0.2, 0) is 13.6 Å². The minimum absolute atomic E-state index is 0.0361. The van der Waals surface area contributed by atoms with E-state index >= 15 is 0 Å². The van der Waals surface area contributed by atoms with Crippen LogP contribution in [0, 0.1) is 5.92 Å². The lowest BCUT2D eigenvalue weighted by molar-refractivity contribution is -0.164. The lowest BCUT2D eigenvalue weighted by atomic mass is 9.90. The van der Waals surface area contributed by atoms with Crippen molar-refractivity contribution in [1.82, 2.24) is 0 Å². The van der Waals surface area contributed by atoms with Gasteiger partial charge in [0, 0.05) is 5.82 Å². The molecule has 1 rings (SSSR count). The number of hydrogen-bond acceptors (Lipinski definition) is 3. The molecule has 3 nitrogen and oxygen atoms in total. The second-order valence-corrected chi connectivity index (χ2v) is 6.95. The summed E-state index contributed by atoms with van der Waals surface area (Å²) in [6.07, 6.45) is -3.95. The highest BCUT2D eigenvalue weighted by atomic mass is 31.2. The fourth-order valence-corrected chi connectivity index (χ4v) is 3.36. The normalized spacial score (nSPS) is 19.0. The standard InChI is InChI=1S/C12H17F6O3P/c13-11(14,15)8-20-22(19,21-9-12(16,17)18)7-6-10-4-2-1-3-5-10/h6-7,10H,1-5,8-9H2/b7-6-. The molecule has 0 unspecified atom stereocenters. The molecule has 0 heterocycles. The molecule has 130 valence electrons. The second-order valence-electron chi connectivity index (χ2n) is 5.06. The van der Waals surface area contributed by atoms with Gasteiger partial charge in [-0.15, -0.1) is 0 Å². The van der Waals surface area contributed by atoms with Crippen LogP contribution in [0.2, 0.25) is 0 Å². The number of hydrogen-bond donors (Lipinski definition) is 0. The molecule has 1 aliphatic rings. The largest absolute Gasteiger partial charge is 0.412 e. The van der Waals surface area contributed by atoms with Crippen LogP contribution in [-0.4, -0.2) is 25.6 Å². The molecule has 10 heteroatoms.